The molecular formula is C16H18N4O2. The minimum atomic E-state index is 0.0524. The third kappa shape index (κ3) is 2.50. The van der Waals surface area contributed by atoms with Crippen molar-refractivity contribution in [3.05, 3.63) is 48.1 Å². The molecule has 22 heavy (non-hydrogen) atoms. The number of nitrogens with one attached hydrogen (secondary N) is 1. The van der Waals surface area contributed by atoms with E-state index in [1.807, 2.05) is 18.3 Å². The van der Waals surface area contributed by atoms with Crippen LogP contribution in [-0.2, 0) is 11.3 Å². The van der Waals surface area contributed by atoms with E-state index >= 15 is 0 Å². The molecule has 6 nitrogen and oxygen atoms in total. The molecule has 0 bridgehead atoms. The van der Waals surface area contributed by atoms with Crippen molar-refractivity contribution in [2.24, 2.45) is 0 Å². The summed E-state index contributed by atoms with van der Waals surface area (Å²) in [6.07, 6.45) is 7.99. The third-order valence-electron chi connectivity index (χ3n) is 4.36. The molecular weight excluding hydrogens is 280 g/mol. The number of carbonyl (C=O) groups is 1. The maximum Gasteiger partial charge on any atom is 0.225 e. The number of rotatable bonds is 5. The fourth-order valence-electron chi connectivity index (χ4n) is 3.23. The Labute approximate surface area is 128 Å². The minimum absolute atomic E-state index is 0.0524. The van der Waals surface area contributed by atoms with Gasteiger partial charge in [-0.2, -0.15) is 0 Å². The van der Waals surface area contributed by atoms with Gasteiger partial charge in [0.15, 0.2) is 0 Å². The normalized spacial score (nSPS) is 24.9. The molecule has 3 heterocycles. The number of carbonyl (C=O) groups excluding carboxylic acids is 1. The summed E-state index contributed by atoms with van der Waals surface area (Å²) in [7, 11) is 0. The van der Waals surface area contributed by atoms with Crippen molar-refractivity contribution in [3.63, 3.8) is 0 Å². The molecule has 1 amide bonds. The van der Waals surface area contributed by atoms with Crippen molar-refractivity contribution < 1.29 is 9.32 Å². The second kappa shape index (κ2) is 5.53. The van der Waals surface area contributed by atoms with E-state index in [-0.39, 0.29) is 18.0 Å². The van der Waals surface area contributed by atoms with Crippen molar-refractivity contribution >= 4 is 5.91 Å². The van der Waals surface area contributed by atoms with Gasteiger partial charge in [-0.15, -0.1) is 0 Å². The van der Waals surface area contributed by atoms with Gasteiger partial charge in [-0.05, 0) is 24.5 Å². The van der Waals surface area contributed by atoms with Gasteiger partial charge < -0.3 is 14.7 Å². The molecule has 2 aromatic rings. The second-order valence-electron chi connectivity index (χ2n) is 5.93. The van der Waals surface area contributed by atoms with Gasteiger partial charge in [0.25, 0.3) is 0 Å². The summed E-state index contributed by atoms with van der Waals surface area (Å²) >= 11 is 0. The Balaban J connectivity index is 1.57. The average molecular weight is 298 g/mol. The van der Waals surface area contributed by atoms with E-state index in [4.69, 9.17) is 4.52 Å². The van der Waals surface area contributed by atoms with Crippen LogP contribution in [0.15, 0.2) is 41.3 Å². The fraction of sp³-hybridized carbons (Fsp3) is 0.438. The Morgan fingerprint density at radius 2 is 2.23 bits per heavy atom. The molecule has 1 aliphatic carbocycles. The summed E-state index contributed by atoms with van der Waals surface area (Å²) in [6, 6.07) is 6.33. The highest BCUT2D eigenvalue weighted by Crippen LogP contribution is 2.41. The summed E-state index contributed by atoms with van der Waals surface area (Å²) in [4.78, 5) is 18.7. The number of amides is 1. The van der Waals surface area contributed by atoms with E-state index in [9.17, 15) is 4.79 Å². The van der Waals surface area contributed by atoms with Gasteiger partial charge in [0.2, 0.25) is 5.91 Å². The molecule has 1 aliphatic heterocycles. The van der Waals surface area contributed by atoms with Crippen molar-refractivity contribution in [1.82, 2.24) is 20.4 Å². The maximum atomic E-state index is 12.4. The third-order valence-corrected chi connectivity index (χ3v) is 4.36. The van der Waals surface area contributed by atoms with Crippen LogP contribution in [0, 0.1) is 0 Å². The zero-order valence-electron chi connectivity index (χ0n) is 12.2. The number of likely N-dealkylation sites (tertiary alicyclic amines) is 1. The zero-order chi connectivity index (χ0) is 14.9. The predicted octanol–water partition coefficient (Wildman–Crippen LogP) is 1.66. The topological polar surface area (TPSA) is 71.3 Å². The van der Waals surface area contributed by atoms with Gasteiger partial charge in [-0.25, -0.2) is 0 Å². The van der Waals surface area contributed by atoms with Crippen LogP contribution in [0.25, 0.3) is 0 Å². The van der Waals surface area contributed by atoms with Crippen LogP contribution in [0.5, 0.6) is 0 Å². The van der Waals surface area contributed by atoms with E-state index in [2.05, 4.69) is 26.4 Å². The van der Waals surface area contributed by atoms with Crippen molar-refractivity contribution in [1.29, 1.82) is 0 Å². The highest BCUT2D eigenvalue weighted by Gasteiger charge is 2.47. The Bertz CT molecular complexity index is 639. The number of nitrogens with zero attached hydrogens (tertiary/aromatic N) is 3. The first-order valence-electron chi connectivity index (χ1n) is 7.67. The number of hydrogen-bond acceptors (Lipinski definition) is 5. The van der Waals surface area contributed by atoms with E-state index in [1.165, 1.54) is 0 Å². The quantitative estimate of drug-likeness (QED) is 0.909. The van der Waals surface area contributed by atoms with Crippen LogP contribution >= 0.6 is 0 Å². The smallest absolute Gasteiger partial charge is 0.225 e. The molecule has 1 saturated carbocycles. The van der Waals surface area contributed by atoms with Crippen LogP contribution in [0.2, 0.25) is 0 Å². The molecule has 0 spiro atoms. The summed E-state index contributed by atoms with van der Waals surface area (Å²) in [5.41, 5.74) is 1.09. The van der Waals surface area contributed by atoms with E-state index in [0.29, 0.717) is 19.0 Å². The lowest BCUT2D eigenvalue weighted by Gasteiger charge is -2.28. The van der Waals surface area contributed by atoms with Gasteiger partial charge in [-0.1, -0.05) is 11.2 Å². The molecule has 2 aromatic heterocycles. The van der Waals surface area contributed by atoms with Crippen LogP contribution in [-0.4, -0.2) is 33.0 Å². The SMILES string of the molecule is O=C1C[C@@H](NCc2ccno2)[C@H](c2cccnc2)N1C1CC1. The van der Waals surface area contributed by atoms with Crippen LogP contribution < -0.4 is 5.32 Å². The molecule has 0 unspecified atom stereocenters. The summed E-state index contributed by atoms with van der Waals surface area (Å²) in [5.74, 6) is 1.01. The Morgan fingerprint density at radius 3 is 2.91 bits per heavy atom. The zero-order valence-corrected chi connectivity index (χ0v) is 12.2. The fourth-order valence-corrected chi connectivity index (χ4v) is 3.23. The molecule has 2 fully saturated rings. The van der Waals surface area contributed by atoms with Crippen LogP contribution in [0.3, 0.4) is 0 Å². The first-order valence-corrected chi connectivity index (χ1v) is 7.67. The Hall–Kier alpha value is -2.21. The van der Waals surface area contributed by atoms with Gasteiger partial charge in [0, 0.05) is 37.0 Å². The molecule has 0 radical (unpaired) electrons. The second-order valence-corrected chi connectivity index (χ2v) is 5.93. The molecule has 2 aliphatic rings. The van der Waals surface area contributed by atoms with Crippen molar-refractivity contribution in [2.75, 3.05) is 0 Å². The number of hydrogen-bond donors (Lipinski definition) is 1. The lowest BCUT2D eigenvalue weighted by atomic mass is 10.0. The van der Waals surface area contributed by atoms with E-state index in [0.717, 1.165) is 24.2 Å². The average Bonchev–Trinajstić information content (AvgIpc) is 3.13. The summed E-state index contributed by atoms with van der Waals surface area (Å²) in [5, 5.41) is 7.16. The molecule has 2 atom stereocenters. The van der Waals surface area contributed by atoms with Gasteiger partial charge >= 0.3 is 0 Å². The first-order chi connectivity index (χ1) is 10.8. The largest absolute Gasteiger partial charge is 0.360 e. The lowest BCUT2D eigenvalue weighted by Crippen LogP contribution is -2.37. The van der Waals surface area contributed by atoms with Crippen molar-refractivity contribution in [2.45, 2.75) is 43.9 Å². The predicted molar refractivity (Wildman–Crippen MR) is 78.6 cm³/mol. The first kappa shape index (κ1) is 13.5. The van der Waals surface area contributed by atoms with Gasteiger partial charge in [0.1, 0.15) is 5.76 Å². The molecule has 114 valence electrons. The van der Waals surface area contributed by atoms with E-state index in [1.54, 1.807) is 12.4 Å². The van der Waals surface area contributed by atoms with Gasteiger partial charge in [0.05, 0.1) is 18.8 Å². The molecule has 1 N–H and O–H groups in total. The standard InChI is InChI=1S/C16H18N4O2/c21-15-8-14(18-10-13-5-7-19-22-13)16(20(15)12-3-4-12)11-2-1-6-17-9-11/h1-2,5-7,9,12,14,16,18H,3-4,8,10H2/t14-,16+/m1/s1. The van der Waals surface area contributed by atoms with Crippen LogP contribution in [0.4, 0.5) is 0 Å². The maximum absolute atomic E-state index is 12.4. The molecule has 6 heteroatoms. The molecule has 4 rings (SSSR count). The minimum Gasteiger partial charge on any atom is -0.360 e. The lowest BCUT2D eigenvalue weighted by molar-refractivity contribution is -0.129. The summed E-state index contributed by atoms with van der Waals surface area (Å²) in [6.45, 7) is 0.577. The Kier molecular flexibility index (Phi) is 3.38. The Morgan fingerprint density at radius 1 is 1.32 bits per heavy atom. The number of pyridine rings is 1. The summed E-state index contributed by atoms with van der Waals surface area (Å²) < 4.78 is 5.12. The molecule has 1 saturated heterocycles. The van der Waals surface area contributed by atoms with Gasteiger partial charge in [-0.3, -0.25) is 9.78 Å². The van der Waals surface area contributed by atoms with Crippen molar-refractivity contribution in [3.8, 4) is 0 Å². The highest BCUT2D eigenvalue weighted by molar-refractivity contribution is 5.81. The van der Waals surface area contributed by atoms with Crippen LogP contribution in [0.1, 0.15) is 36.6 Å². The highest BCUT2D eigenvalue weighted by atomic mass is 16.5. The van der Waals surface area contributed by atoms with E-state index < -0.39 is 0 Å². The monoisotopic (exact) mass is 298 g/mol. The number of aromatic nitrogens is 2. The molecule has 0 aromatic carbocycles.